The average Bonchev–Trinajstić information content (AvgIpc) is 3.01. The molecule has 1 unspecified atom stereocenters. The molecule has 0 aliphatic carbocycles. The summed E-state index contributed by atoms with van der Waals surface area (Å²) in [5, 5.41) is 2.50. The van der Waals surface area contributed by atoms with Gasteiger partial charge in [0.2, 0.25) is 0 Å². The summed E-state index contributed by atoms with van der Waals surface area (Å²) < 4.78 is 0. The molecule has 2 saturated heterocycles. The Morgan fingerprint density at radius 2 is 2.10 bits per heavy atom. The topological polar surface area (TPSA) is 45.4 Å². The lowest BCUT2D eigenvalue weighted by atomic mass is 10.1. The van der Waals surface area contributed by atoms with Crippen molar-refractivity contribution >= 4 is 16.6 Å². The maximum absolute atomic E-state index is 5.84. The van der Waals surface area contributed by atoms with Gasteiger partial charge in [-0.15, -0.1) is 0 Å². The van der Waals surface area contributed by atoms with Crippen LogP contribution < -0.4 is 10.6 Å². The van der Waals surface area contributed by atoms with E-state index in [-0.39, 0.29) is 0 Å². The number of nitrogens with two attached hydrogens (primary N) is 1. The van der Waals surface area contributed by atoms with Crippen molar-refractivity contribution in [3.8, 4) is 0 Å². The number of hydrogen-bond acceptors (Lipinski definition) is 4. The van der Waals surface area contributed by atoms with Crippen molar-refractivity contribution in [1.29, 1.82) is 0 Å². The Bertz CT molecular complexity index is 654. The molecule has 4 heteroatoms. The summed E-state index contributed by atoms with van der Waals surface area (Å²) >= 11 is 0. The predicted molar refractivity (Wildman–Crippen MR) is 86.4 cm³/mol. The summed E-state index contributed by atoms with van der Waals surface area (Å²) in [6.07, 6.45) is 2.67. The Kier molecular flexibility index (Phi) is 3.28. The van der Waals surface area contributed by atoms with Crippen LogP contribution in [-0.2, 0) is 6.54 Å². The van der Waals surface area contributed by atoms with Crippen molar-refractivity contribution in [2.24, 2.45) is 5.73 Å². The van der Waals surface area contributed by atoms with Crippen molar-refractivity contribution < 1.29 is 0 Å². The third kappa shape index (κ3) is 2.28. The lowest BCUT2D eigenvalue weighted by Crippen LogP contribution is -2.50. The molecule has 110 valence electrons. The molecule has 4 rings (SSSR count). The number of benzene rings is 1. The number of hydrogen-bond donors (Lipinski definition) is 1. The minimum atomic E-state index is 0.501. The van der Waals surface area contributed by atoms with E-state index in [0.29, 0.717) is 12.6 Å². The van der Waals surface area contributed by atoms with Gasteiger partial charge in [0.15, 0.2) is 0 Å². The normalized spacial score (nSPS) is 22.7. The zero-order valence-corrected chi connectivity index (χ0v) is 12.3. The number of fused-ring (bicyclic) bond motifs is 2. The summed E-state index contributed by atoms with van der Waals surface area (Å²) in [6, 6.07) is 11.3. The standard InChI is InChI=1S/C17H22N4/c18-11-14-10-13-4-1-2-6-16(13)17(19-14)21-9-8-20-7-3-5-15(20)12-21/h1-2,4,6,10,15H,3,5,7-9,11-12,18H2. The predicted octanol–water partition coefficient (Wildman–Crippen LogP) is 1.98. The zero-order chi connectivity index (χ0) is 14.2. The largest absolute Gasteiger partial charge is 0.353 e. The molecule has 2 aromatic rings. The van der Waals surface area contributed by atoms with E-state index < -0.39 is 0 Å². The quantitative estimate of drug-likeness (QED) is 0.915. The molecular formula is C17H22N4. The van der Waals surface area contributed by atoms with Crippen LogP contribution in [-0.4, -0.2) is 42.1 Å². The highest BCUT2D eigenvalue weighted by Gasteiger charge is 2.31. The fraction of sp³-hybridized carbons (Fsp3) is 0.471. The highest BCUT2D eigenvalue weighted by Crippen LogP contribution is 2.30. The van der Waals surface area contributed by atoms with E-state index in [4.69, 9.17) is 10.7 Å². The van der Waals surface area contributed by atoms with Crippen LogP contribution in [0.1, 0.15) is 18.5 Å². The Labute approximate surface area is 125 Å². The molecule has 0 bridgehead atoms. The van der Waals surface area contributed by atoms with Crippen molar-refractivity contribution in [3.63, 3.8) is 0 Å². The molecule has 2 fully saturated rings. The van der Waals surface area contributed by atoms with Crippen LogP contribution >= 0.6 is 0 Å². The molecule has 2 aliphatic rings. The van der Waals surface area contributed by atoms with Crippen LogP contribution in [0.4, 0.5) is 5.82 Å². The number of pyridine rings is 1. The fourth-order valence-corrected chi connectivity index (χ4v) is 3.76. The van der Waals surface area contributed by atoms with Gasteiger partial charge in [0, 0.05) is 37.6 Å². The molecule has 0 spiro atoms. The van der Waals surface area contributed by atoms with E-state index in [0.717, 1.165) is 31.1 Å². The van der Waals surface area contributed by atoms with Crippen molar-refractivity contribution in [3.05, 3.63) is 36.0 Å². The SMILES string of the molecule is NCc1cc2ccccc2c(N2CCN3CCCC3C2)n1. The van der Waals surface area contributed by atoms with Gasteiger partial charge >= 0.3 is 0 Å². The van der Waals surface area contributed by atoms with Gasteiger partial charge in [-0.25, -0.2) is 4.98 Å². The van der Waals surface area contributed by atoms with Gasteiger partial charge in [0.1, 0.15) is 5.82 Å². The molecule has 21 heavy (non-hydrogen) atoms. The van der Waals surface area contributed by atoms with Gasteiger partial charge in [-0.1, -0.05) is 24.3 Å². The van der Waals surface area contributed by atoms with E-state index in [1.54, 1.807) is 0 Å². The average molecular weight is 282 g/mol. The Morgan fingerprint density at radius 1 is 1.19 bits per heavy atom. The van der Waals surface area contributed by atoms with Crippen LogP contribution in [0.3, 0.4) is 0 Å². The van der Waals surface area contributed by atoms with Gasteiger partial charge in [0.05, 0.1) is 5.69 Å². The van der Waals surface area contributed by atoms with Gasteiger partial charge in [-0.3, -0.25) is 4.90 Å². The Balaban J connectivity index is 1.75. The van der Waals surface area contributed by atoms with Gasteiger partial charge < -0.3 is 10.6 Å². The van der Waals surface area contributed by atoms with E-state index in [9.17, 15) is 0 Å². The maximum atomic E-state index is 5.84. The lowest BCUT2D eigenvalue weighted by molar-refractivity contribution is 0.230. The van der Waals surface area contributed by atoms with E-state index >= 15 is 0 Å². The first kappa shape index (κ1) is 13.0. The van der Waals surface area contributed by atoms with Crippen molar-refractivity contribution in [2.75, 3.05) is 31.1 Å². The molecule has 0 radical (unpaired) electrons. The zero-order valence-electron chi connectivity index (χ0n) is 12.3. The molecular weight excluding hydrogens is 260 g/mol. The van der Waals surface area contributed by atoms with E-state index in [1.807, 2.05) is 0 Å². The molecule has 1 aromatic heterocycles. The third-order valence-corrected chi connectivity index (χ3v) is 4.87. The summed E-state index contributed by atoms with van der Waals surface area (Å²) in [6.45, 7) is 5.11. The molecule has 2 N–H and O–H groups in total. The number of anilines is 1. The first-order chi connectivity index (χ1) is 10.3. The third-order valence-electron chi connectivity index (χ3n) is 4.87. The molecule has 3 heterocycles. The van der Waals surface area contributed by atoms with Crippen LogP contribution in [0.5, 0.6) is 0 Å². The Morgan fingerprint density at radius 3 is 3.00 bits per heavy atom. The highest BCUT2D eigenvalue weighted by atomic mass is 15.3. The summed E-state index contributed by atoms with van der Waals surface area (Å²) in [4.78, 5) is 9.94. The number of aromatic nitrogens is 1. The summed E-state index contributed by atoms with van der Waals surface area (Å²) in [7, 11) is 0. The molecule has 0 saturated carbocycles. The summed E-state index contributed by atoms with van der Waals surface area (Å²) in [5.74, 6) is 1.13. The second-order valence-electron chi connectivity index (χ2n) is 6.14. The highest BCUT2D eigenvalue weighted by molar-refractivity contribution is 5.92. The molecule has 0 amide bonds. The van der Waals surface area contributed by atoms with Crippen LogP contribution in [0.2, 0.25) is 0 Å². The van der Waals surface area contributed by atoms with Crippen molar-refractivity contribution in [2.45, 2.75) is 25.4 Å². The fourth-order valence-electron chi connectivity index (χ4n) is 3.76. The minimum Gasteiger partial charge on any atom is -0.353 e. The first-order valence-corrected chi connectivity index (χ1v) is 7.93. The molecule has 1 aromatic carbocycles. The van der Waals surface area contributed by atoms with E-state index in [2.05, 4.69) is 40.1 Å². The summed E-state index contributed by atoms with van der Waals surface area (Å²) in [5.41, 5.74) is 6.82. The van der Waals surface area contributed by atoms with E-state index in [1.165, 1.54) is 30.2 Å². The van der Waals surface area contributed by atoms with Gasteiger partial charge in [-0.2, -0.15) is 0 Å². The second kappa shape index (κ2) is 5.28. The molecule has 2 aliphatic heterocycles. The van der Waals surface area contributed by atoms with Crippen LogP contribution in [0, 0.1) is 0 Å². The minimum absolute atomic E-state index is 0.501. The number of piperazine rings is 1. The van der Waals surface area contributed by atoms with Gasteiger partial charge in [0.25, 0.3) is 0 Å². The first-order valence-electron chi connectivity index (χ1n) is 7.93. The Hall–Kier alpha value is -1.65. The second-order valence-corrected chi connectivity index (χ2v) is 6.14. The number of rotatable bonds is 2. The molecule has 4 nitrogen and oxygen atoms in total. The smallest absolute Gasteiger partial charge is 0.136 e. The maximum Gasteiger partial charge on any atom is 0.136 e. The lowest BCUT2D eigenvalue weighted by Gasteiger charge is -2.38. The van der Waals surface area contributed by atoms with Crippen molar-refractivity contribution in [1.82, 2.24) is 9.88 Å². The molecule has 1 atom stereocenters. The van der Waals surface area contributed by atoms with Gasteiger partial charge in [-0.05, 0) is 30.8 Å². The number of nitrogens with zero attached hydrogens (tertiary/aromatic N) is 3. The van der Waals surface area contributed by atoms with Crippen LogP contribution in [0.15, 0.2) is 30.3 Å². The monoisotopic (exact) mass is 282 g/mol. The van der Waals surface area contributed by atoms with Crippen LogP contribution in [0.25, 0.3) is 10.8 Å².